The Bertz CT molecular complexity index is 660. The summed E-state index contributed by atoms with van der Waals surface area (Å²) in [5.74, 6) is 1.21. The van der Waals surface area contributed by atoms with E-state index in [1.165, 1.54) is 0 Å². The maximum Gasteiger partial charge on any atom is 0.253 e. The number of amides is 1. The highest BCUT2D eigenvalue weighted by Crippen LogP contribution is 2.21. The first-order chi connectivity index (χ1) is 10.2. The van der Waals surface area contributed by atoms with Crippen LogP contribution in [0, 0.1) is 0 Å². The molecule has 1 fully saturated rings. The van der Waals surface area contributed by atoms with Crippen LogP contribution in [0.4, 0.5) is 0 Å². The second-order valence-electron chi connectivity index (χ2n) is 5.09. The van der Waals surface area contributed by atoms with E-state index in [9.17, 15) is 9.00 Å². The zero-order chi connectivity index (χ0) is 14.7. The first kappa shape index (κ1) is 14.0. The van der Waals surface area contributed by atoms with Crippen molar-refractivity contribution in [2.24, 2.45) is 0 Å². The summed E-state index contributed by atoms with van der Waals surface area (Å²) in [5.41, 5.74) is 2.85. The number of carbonyl (C=O) groups is 1. The Morgan fingerprint density at radius 2 is 1.57 bits per heavy atom. The molecule has 1 heterocycles. The molecule has 0 spiro atoms. The SMILES string of the molecule is O=C(c1cccc(-c2ccccc2)c1)N1CCS(=O)CC1. The maximum absolute atomic E-state index is 12.5. The molecule has 108 valence electrons. The molecule has 0 radical (unpaired) electrons. The Labute approximate surface area is 127 Å². The Morgan fingerprint density at radius 1 is 0.905 bits per heavy atom. The highest BCUT2D eigenvalue weighted by atomic mass is 32.2. The van der Waals surface area contributed by atoms with Crippen LogP contribution in [0.25, 0.3) is 11.1 Å². The third-order valence-electron chi connectivity index (χ3n) is 3.68. The average molecular weight is 299 g/mol. The van der Waals surface area contributed by atoms with Crippen LogP contribution in [0.2, 0.25) is 0 Å². The third-order valence-corrected chi connectivity index (χ3v) is 4.96. The van der Waals surface area contributed by atoms with E-state index in [1.54, 1.807) is 4.90 Å². The van der Waals surface area contributed by atoms with Gasteiger partial charge in [-0.05, 0) is 23.3 Å². The van der Waals surface area contributed by atoms with Crippen LogP contribution in [0.15, 0.2) is 54.6 Å². The summed E-state index contributed by atoms with van der Waals surface area (Å²) in [5, 5.41) is 0. The second kappa shape index (κ2) is 6.22. The molecule has 3 nitrogen and oxygen atoms in total. The van der Waals surface area contributed by atoms with Crippen molar-refractivity contribution in [3.8, 4) is 11.1 Å². The first-order valence-electron chi connectivity index (χ1n) is 7.04. The number of nitrogens with zero attached hydrogens (tertiary/aromatic N) is 1. The molecule has 0 atom stereocenters. The van der Waals surface area contributed by atoms with Gasteiger partial charge in [0.05, 0.1) is 0 Å². The molecule has 2 aromatic rings. The van der Waals surface area contributed by atoms with Gasteiger partial charge in [-0.2, -0.15) is 0 Å². The van der Waals surface area contributed by atoms with Crippen LogP contribution in [0.3, 0.4) is 0 Å². The normalized spacial score (nSPS) is 15.9. The minimum atomic E-state index is -0.762. The fourth-order valence-corrected chi connectivity index (χ4v) is 3.54. The molecular formula is C17H17NO2S. The van der Waals surface area contributed by atoms with Crippen molar-refractivity contribution in [3.05, 3.63) is 60.2 Å². The van der Waals surface area contributed by atoms with Gasteiger partial charge in [0.25, 0.3) is 5.91 Å². The van der Waals surface area contributed by atoms with Gasteiger partial charge in [0.15, 0.2) is 0 Å². The van der Waals surface area contributed by atoms with Crippen molar-refractivity contribution in [2.45, 2.75) is 0 Å². The number of carbonyl (C=O) groups excluding carboxylic acids is 1. The van der Waals surface area contributed by atoms with Crippen molar-refractivity contribution >= 4 is 16.7 Å². The van der Waals surface area contributed by atoms with Gasteiger partial charge in [0.2, 0.25) is 0 Å². The largest absolute Gasteiger partial charge is 0.337 e. The number of benzene rings is 2. The Kier molecular flexibility index (Phi) is 4.15. The summed E-state index contributed by atoms with van der Waals surface area (Å²) < 4.78 is 11.4. The topological polar surface area (TPSA) is 37.4 Å². The molecule has 1 amide bonds. The molecule has 1 aliphatic rings. The van der Waals surface area contributed by atoms with Gasteiger partial charge in [-0.3, -0.25) is 9.00 Å². The van der Waals surface area contributed by atoms with Crippen molar-refractivity contribution in [2.75, 3.05) is 24.6 Å². The standard InChI is InChI=1S/C17H17NO2S/c19-17(18-9-11-21(20)12-10-18)16-8-4-7-15(13-16)14-5-2-1-3-6-14/h1-8,13H,9-12H2. The third kappa shape index (κ3) is 3.22. The lowest BCUT2D eigenvalue weighted by Gasteiger charge is -2.26. The number of hydrogen-bond acceptors (Lipinski definition) is 2. The summed E-state index contributed by atoms with van der Waals surface area (Å²) in [7, 11) is -0.762. The van der Waals surface area contributed by atoms with Crippen molar-refractivity contribution in [1.82, 2.24) is 4.90 Å². The molecule has 1 saturated heterocycles. The summed E-state index contributed by atoms with van der Waals surface area (Å²) in [6.45, 7) is 1.17. The van der Waals surface area contributed by atoms with E-state index in [1.807, 2.05) is 54.6 Å². The molecule has 3 rings (SSSR count). The van der Waals surface area contributed by atoms with E-state index in [4.69, 9.17) is 0 Å². The van der Waals surface area contributed by atoms with Crippen LogP contribution in [0.1, 0.15) is 10.4 Å². The summed E-state index contributed by atoms with van der Waals surface area (Å²) in [4.78, 5) is 14.3. The predicted molar refractivity (Wildman–Crippen MR) is 85.7 cm³/mol. The minimum absolute atomic E-state index is 0.0319. The predicted octanol–water partition coefficient (Wildman–Crippen LogP) is 2.56. The second-order valence-corrected chi connectivity index (χ2v) is 6.78. The molecule has 0 saturated carbocycles. The Balaban J connectivity index is 1.83. The van der Waals surface area contributed by atoms with Gasteiger partial charge < -0.3 is 4.90 Å². The van der Waals surface area contributed by atoms with Crippen LogP contribution >= 0.6 is 0 Å². The van der Waals surface area contributed by atoms with Gasteiger partial charge in [0, 0.05) is 41.0 Å². The molecule has 0 aromatic heterocycles. The first-order valence-corrected chi connectivity index (χ1v) is 8.52. The molecule has 0 bridgehead atoms. The lowest BCUT2D eigenvalue weighted by Crippen LogP contribution is -2.41. The minimum Gasteiger partial charge on any atom is -0.337 e. The molecule has 2 aromatic carbocycles. The highest BCUT2D eigenvalue weighted by molar-refractivity contribution is 7.85. The molecule has 4 heteroatoms. The van der Waals surface area contributed by atoms with E-state index >= 15 is 0 Å². The van der Waals surface area contributed by atoms with Crippen LogP contribution in [0.5, 0.6) is 0 Å². The zero-order valence-corrected chi connectivity index (χ0v) is 12.5. The quantitative estimate of drug-likeness (QED) is 0.854. The lowest BCUT2D eigenvalue weighted by molar-refractivity contribution is 0.0771. The van der Waals surface area contributed by atoms with Gasteiger partial charge in [-0.25, -0.2) is 0 Å². The van der Waals surface area contributed by atoms with Gasteiger partial charge in [0.1, 0.15) is 0 Å². The fourth-order valence-electron chi connectivity index (χ4n) is 2.49. The van der Waals surface area contributed by atoms with E-state index in [0.717, 1.165) is 11.1 Å². The van der Waals surface area contributed by atoms with Gasteiger partial charge >= 0.3 is 0 Å². The van der Waals surface area contributed by atoms with Crippen molar-refractivity contribution in [1.29, 1.82) is 0 Å². The zero-order valence-electron chi connectivity index (χ0n) is 11.7. The smallest absolute Gasteiger partial charge is 0.253 e. The average Bonchev–Trinajstić information content (AvgIpc) is 2.56. The van der Waals surface area contributed by atoms with E-state index in [2.05, 4.69) is 0 Å². The monoisotopic (exact) mass is 299 g/mol. The van der Waals surface area contributed by atoms with Gasteiger partial charge in [-0.15, -0.1) is 0 Å². The summed E-state index contributed by atoms with van der Waals surface area (Å²) >= 11 is 0. The molecule has 21 heavy (non-hydrogen) atoms. The Hall–Kier alpha value is -1.94. The van der Waals surface area contributed by atoms with Gasteiger partial charge in [-0.1, -0.05) is 42.5 Å². The summed E-state index contributed by atoms with van der Waals surface area (Å²) in [6, 6.07) is 17.7. The van der Waals surface area contributed by atoms with Crippen molar-refractivity contribution in [3.63, 3.8) is 0 Å². The van der Waals surface area contributed by atoms with Crippen LogP contribution in [-0.4, -0.2) is 39.6 Å². The van der Waals surface area contributed by atoms with Crippen molar-refractivity contribution < 1.29 is 9.00 Å². The Morgan fingerprint density at radius 3 is 2.29 bits per heavy atom. The summed E-state index contributed by atoms with van der Waals surface area (Å²) in [6.07, 6.45) is 0. The lowest BCUT2D eigenvalue weighted by atomic mass is 10.0. The van der Waals surface area contributed by atoms with E-state index < -0.39 is 10.8 Å². The molecule has 0 N–H and O–H groups in total. The number of rotatable bonds is 2. The molecule has 0 unspecified atom stereocenters. The molecule has 1 aliphatic heterocycles. The van der Waals surface area contributed by atoms with E-state index in [-0.39, 0.29) is 5.91 Å². The molecule has 0 aliphatic carbocycles. The highest BCUT2D eigenvalue weighted by Gasteiger charge is 2.21. The number of hydrogen-bond donors (Lipinski definition) is 0. The maximum atomic E-state index is 12.5. The van der Waals surface area contributed by atoms with Crippen LogP contribution in [-0.2, 0) is 10.8 Å². The molecular weight excluding hydrogens is 282 g/mol. The van der Waals surface area contributed by atoms with Crippen LogP contribution < -0.4 is 0 Å². The van der Waals surface area contributed by atoms with E-state index in [0.29, 0.717) is 30.2 Å². The fraction of sp³-hybridized carbons (Fsp3) is 0.235.